The molecule has 22 heteroatoms. The first-order chi connectivity index (χ1) is 48.1. The Balaban J connectivity index is 0.000000259. The van der Waals surface area contributed by atoms with Crippen molar-refractivity contribution < 1.29 is 106 Å². The molecule has 0 fully saturated rings. The van der Waals surface area contributed by atoms with Gasteiger partial charge in [-0.25, -0.2) is 29.0 Å². The topological polar surface area (TPSA) is 229 Å². The molecule has 11 rings (SSSR count). The molecule has 0 bridgehead atoms. The van der Waals surface area contributed by atoms with Crippen molar-refractivity contribution >= 4 is 29.8 Å². The summed E-state index contributed by atoms with van der Waals surface area (Å²) in [7, 11) is 0. The third-order valence-corrected chi connectivity index (χ3v) is 12.6. The molecule has 17 nitrogen and oxygen atoms in total. The molecule has 102 heavy (non-hydrogen) atoms. The summed E-state index contributed by atoms with van der Waals surface area (Å²) < 4.78 is 64.3. The maximum Gasteiger partial charge on any atom is 3.00 e. The minimum Gasteiger partial charge on any atom is -0.487 e. The zero-order valence-electron chi connectivity index (χ0n) is 55.5. The van der Waals surface area contributed by atoms with E-state index in [9.17, 15) is 37.1 Å². The Kier molecular flexibility index (Phi) is 35.3. The number of aryl methyl sites for hydroxylation is 1. The van der Waals surface area contributed by atoms with Crippen molar-refractivity contribution in [3.05, 3.63) is 327 Å². The van der Waals surface area contributed by atoms with E-state index in [4.69, 9.17) is 28.8 Å². The van der Waals surface area contributed by atoms with E-state index in [1.165, 1.54) is 31.3 Å². The molecular weight excluding hydrogens is 1660 g/mol. The SMILES string of the molecule is C=C(C)C(=O)OCCOc1cccnc1C(=O)O.C=C(C)C(=O)Oc1cccnc1-c1[c-]cccc1.C=C(C)C(=O)Oc1cccnc1-c1[c-]cccc1.C=C(C)C(=O)Oc1cccnc1-c1[c-]cccc1.Cc1cc(F)c[c-]c1-c1ccccn1.Fc1c[c-]c(-c2ccccn2)c(F)c1.[Ir+3].[Ir]. The first-order valence-electron chi connectivity index (χ1n) is 30.0. The van der Waals surface area contributed by atoms with Gasteiger partial charge in [-0.1, -0.05) is 69.1 Å². The molecule has 1 radical (unpaired) electrons. The van der Waals surface area contributed by atoms with E-state index in [0.717, 1.165) is 45.6 Å². The number of carbonyl (C=O) groups is 5. The number of ether oxygens (including phenoxy) is 5. The Morgan fingerprint density at radius 1 is 0.431 bits per heavy atom. The number of hydrogen-bond acceptors (Lipinski definition) is 16. The number of aromatic nitrogens is 6. The molecule has 6 aromatic heterocycles. The Hall–Kier alpha value is -11.8. The number of aromatic carboxylic acids is 1. The summed E-state index contributed by atoms with van der Waals surface area (Å²) in [6, 6.07) is 65.5. The summed E-state index contributed by atoms with van der Waals surface area (Å²) in [6.45, 7) is 22.3. The van der Waals surface area contributed by atoms with Gasteiger partial charge in [0.15, 0.2) is 11.4 Å². The van der Waals surface area contributed by atoms with Gasteiger partial charge in [-0.05, 0) is 99.7 Å². The van der Waals surface area contributed by atoms with Crippen molar-refractivity contribution in [2.24, 2.45) is 0 Å². The van der Waals surface area contributed by atoms with Crippen LogP contribution < -0.4 is 18.9 Å². The third-order valence-electron chi connectivity index (χ3n) is 12.6. The van der Waals surface area contributed by atoms with Crippen LogP contribution >= 0.6 is 0 Å². The number of pyridine rings is 6. The van der Waals surface area contributed by atoms with Gasteiger partial charge in [-0.3, -0.25) is 13.2 Å². The minimum absolute atomic E-state index is 0. The van der Waals surface area contributed by atoms with E-state index in [0.29, 0.717) is 62.3 Å². The fourth-order valence-electron chi connectivity index (χ4n) is 7.80. The average Bonchev–Trinajstić information content (AvgIpc) is 0.862. The first-order valence-corrected chi connectivity index (χ1v) is 30.0. The number of esters is 4. The van der Waals surface area contributed by atoms with Crippen molar-refractivity contribution in [1.82, 2.24) is 29.9 Å². The summed E-state index contributed by atoms with van der Waals surface area (Å²) in [5, 5.41) is 8.84. The van der Waals surface area contributed by atoms with Gasteiger partial charge in [0, 0.05) is 114 Å². The van der Waals surface area contributed by atoms with Crippen LogP contribution in [0.3, 0.4) is 0 Å². The third kappa shape index (κ3) is 27.1. The van der Waals surface area contributed by atoms with Crippen LogP contribution in [0, 0.1) is 54.7 Å². The quantitative estimate of drug-likeness (QED) is 0.0387. The number of benzene rings is 5. The van der Waals surface area contributed by atoms with Crippen LogP contribution in [0.5, 0.6) is 23.0 Å². The molecule has 0 aliphatic heterocycles. The molecule has 0 amide bonds. The molecule has 0 aliphatic carbocycles. The van der Waals surface area contributed by atoms with Gasteiger partial charge in [-0.2, -0.15) is 0 Å². The number of hydrogen-bond donors (Lipinski definition) is 1. The maximum atomic E-state index is 13.2. The predicted molar refractivity (Wildman–Crippen MR) is 371 cm³/mol. The largest absolute Gasteiger partial charge is 3.00 e. The predicted octanol–water partition coefficient (Wildman–Crippen LogP) is 16.2. The molecule has 1 N–H and O–H groups in total. The number of halogens is 3. The normalized spacial score (nSPS) is 9.69. The van der Waals surface area contributed by atoms with E-state index in [2.05, 4.69) is 86.6 Å². The van der Waals surface area contributed by atoms with Crippen LogP contribution in [0.2, 0.25) is 0 Å². The Morgan fingerprint density at radius 2 is 0.794 bits per heavy atom. The Bertz CT molecular complexity index is 4260. The molecule has 11 aromatic rings. The first kappa shape index (κ1) is 82.6. The van der Waals surface area contributed by atoms with Crippen molar-refractivity contribution in [2.45, 2.75) is 34.6 Å². The number of rotatable bonds is 17. The summed E-state index contributed by atoms with van der Waals surface area (Å²) in [4.78, 5) is 80.9. The number of carboxylic acids is 1. The zero-order valence-corrected chi connectivity index (χ0v) is 60.3. The number of carboxylic acid groups (broad SMARTS) is 1. The summed E-state index contributed by atoms with van der Waals surface area (Å²) in [5.41, 5.74) is 8.44. The van der Waals surface area contributed by atoms with Gasteiger partial charge < -0.3 is 53.7 Å². The fourth-order valence-corrected chi connectivity index (χ4v) is 7.80. The molecule has 0 saturated carbocycles. The van der Waals surface area contributed by atoms with Gasteiger partial charge in [0.2, 0.25) is 0 Å². The maximum absolute atomic E-state index is 13.2. The van der Waals surface area contributed by atoms with E-state index in [1.54, 1.807) is 131 Å². The summed E-state index contributed by atoms with van der Waals surface area (Å²) >= 11 is 0. The van der Waals surface area contributed by atoms with Crippen LogP contribution in [0.25, 0.3) is 56.3 Å². The van der Waals surface area contributed by atoms with Crippen molar-refractivity contribution in [1.29, 1.82) is 0 Å². The van der Waals surface area contributed by atoms with Crippen LogP contribution in [0.4, 0.5) is 13.2 Å². The van der Waals surface area contributed by atoms with Gasteiger partial charge in [0.1, 0.15) is 30.5 Å². The second kappa shape index (κ2) is 43.6. The minimum atomic E-state index is -1.18. The molecule has 0 spiro atoms. The molecule has 0 saturated heterocycles. The molecular formula is C80H64F3Ir2N6O11-2. The van der Waals surface area contributed by atoms with Crippen molar-refractivity contribution in [3.8, 4) is 79.3 Å². The molecule has 0 unspecified atom stereocenters. The Labute approximate surface area is 616 Å². The van der Waals surface area contributed by atoms with Crippen LogP contribution in [0.1, 0.15) is 43.7 Å². The van der Waals surface area contributed by atoms with Crippen LogP contribution in [0.15, 0.2) is 268 Å². The monoisotopic (exact) mass is 1730 g/mol. The molecule has 0 atom stereocenters. The average molecular weight is 1730 g/mol. The molecule has 5 aromatic carbocycles. The van der Waals surface area contributed by atoms with Crippen molar-refractivity contribution in [3.63, 3.8) is 0 Å². The number of nitrogens with zero attached hydrogens (tertiary/aromatic N) is 6. The smallest absolute Gasteiger partial charge is 0.487 e. The number of carbonyl (C=O) groups excluding carboxylic acids is 4. The van der Waals surface area contributed by atoms with Crippen LogP contribution in [-0.4, -0.2) is 78.1 Å². The van der Waals surface area contributed by atoms with E-state index < -0.39 is 41.5 Å². The van der Waals surface area contributed by atoms with Gasteiger partial charge in [-0.15, -0.1) is 149 Å². The van der Waals surface area contributed by atoms with Crippen LogP contribution in [-0.2, 0) is 64.1 Å². The van der Waals surface area contributed by atoms with Gasteiger partial charge in [0.05, 0.1) is 0 Å². The molecule has 6 heterocycles. The Morgan fingerprint density at radius 3 is 1.15 bits per heavy atom. The van der Waals surface area contributed by atoms with E-state index >= 15 is 0 Å². The van der Waals surface area contributed by atoms with E-state index in [-0.39, 0.29) is 76.2 Å². The van der Waals surface area contributed by atoms with Crippen molar-refractivity contribution in [2.75, 3.05) is 13.2 Å². The summed E-state index contributed by atoms with van der Waals surface area (Å²) in [6.07, 6.45) is 9.56. The fraction of sp³-hybridized carbons (Fsp3) is 0.0875. The van der Waals surface area contributed by atoms with E-state index in [1.807, 2.05) is 79.7 Å². The molecule has 0 aliphatic rings. The standard InChI is InChI=1S/3C15H12NO2.C12H9FN.C12H13NO5.C11H6F2N.2Ir/c3*1-11(2)15(17)18-13-9-6-10-16-14(13)12-7-4-3-5-8-12;1-9-8-10(13)5-6-11(9)12-4-2-3-7-14-12;1-8(2)12(16)18-7-6-17-9-4-3-5-13-10(9)11(14)15;12-8-4-5-9(10(13)7-8)11-3-1-2-6-14-11;;/h3*3-7,9-10H,1H2,2H3;2-5,7-8H,1H3;3-5H,1,6-7H2,2H3,(H,14,15);1-4,6-7H;;/q4*-1;;-1;;+3. The second-order valence-corrected chi connectivity index (χ2v) is 20.7. The second-order valence-electron chi connectivity index (χ2n) is 20.7. The zero-order chi connectivity index (χ0) is 72.3. The molecule has 521 valence electrons. The van der Waals surface area contributed by atoms with Gasteiger partial charge >= 0.3 is 50.0 Å². The summed E-state index contributed by atoms with van der Waals surface area (Å²) in [5.74, 6) is -3.24. The van der Waals surface area contributed by atoms with Gasteiger partial charge in [0.25, 0.3) is 0 Å².